The first-order valence-electron chi connectivity index (χ1n) is 9.80. The highest BCUT2D eigenvalue weighted by Crippen LogP contribution is 2.28. The van der Waals surface area contributed by atoms with Crippen molar-refractivity contribution in [1.82, 2.24) is 10.6 Å². The number of hydrogen-bond acceptors (Lipinski definition) is 5. The van der Waals surface area contributed by atoms with Crippen LogP contribution in [0.5, 0.6) is 0 Å². The number of halogens is 1. The monoisotopic (exact) mass is 437 g/mol. The molecule has 0 unspecified atom stereocenters. The molecule has 164 valence electrons. The summed E-state index contributed by atoms with van der Waals surface area (Å²) in [5.74, 6) is 0.0264. The summed E-state index contributed by atoms with van der Waals surface area (Å²) in [5, 5.41) is 14.8. The summed E-state index contributed by atoms with van der Waals surface area (Å²) >= 11 is 1.57. The van der Waals surface area contributed by atoms with E-state index >= 15 is 0 Å². The first-order chi connectivity index (χ1) is 12.7. The van der Waals surface area contributed by atoms with Gasteiger partial charge in [0, 0.05) is 12.5 Å². The van der Waals surface area contributed by atoms with Crippen molar-refractivity contribution in [3.63, 3.8) is 0 Å². The molecule has 9 heteroatoms. The summed E-state index contributed by atoms with van der Waals surface area (Å²) < 4.78 is 0. The third kappa shape index (κ3) is 9.98. The molecular formula is C19H36ClN3O4S. The third-order valence-electron chi connectivity index (χ3n) is 5.07. The highest BCUT2D eigenvalue weighted by Gasteiger charge is 2.29. The van der Waals surface area contributed by atoms with Gasteiger partial charge in [0.05, 0.1) is 6.04 Å². The van der Waals surface area contributed by atoms with Crippen molar-refractivity contribution in [2.75, 3.05) is 18.6 Å². The van der Waals surface area contributed by atoms with Crippen molar-refractivity contribution >= 4 is 42.0 Å². The van der Waals surface area contributed by atoms with Crippen molar-refractivity contribution < 1.29 is 19.5 Å². The lowest BCUT2D eigenvalue weighted by Crippen LogP contribution is -2.45. The molecule has 5 N–H and O–H groups in total. The fourth-order valence-corrected chi connectivity index (χ4v) is 3.87. The minimum absolute atomic E-state index is 0. The number of carboxylic acid groups (broad SMARTS) is 1. The van der Waals surface area contributed by atoms with Gasteiger partial charge < -0.3 is 21.5 Å². The lowest BCUT2D eigenvalue weighted by Gasteiger charge is -2.29. The Morgan fingerprint density at radius 1 is 1.18 bits per heavy atom. The van der Waals surface area contributed by atoms with E-state index in [0.717, 1.165) is 25.7 Å². The molecule has 0 aromatic rings. The number of hydrogen-bond donors (Lipinski definition) is 4. The molecule has 0 bridgehead atoms. The van der Waals surface area contributed by atoms with Gasteiger partial charge in [0.1, 0.15) is 6.04 Å². The molecular weight excluding hydrogens is 402 g/mol. The summed E-state index contributed by atoms with van der Waals surface area (Å²) in [6.07, 6.45) is 6.15. The molecule has 1 saturated carbocycles. The van der Waals surface area contributed by atoms with Crippen molar-refractivity contribution in [2.24, 2.45) is 23.5 Å². The van der Waals surface area contributed by atoms with Crippen molar-refractivity contribution in [3.8, 4) is 0 Å². The molecule has 28 heavy (non-hydrogen) atoms. The van der Waals surface area contributed by atoms with Gasteiger partial charge in [-0.25, -0.2) is 4.79 Å². The quantitative estimate of drug-likeness (QED) is 0.392. The van der Waals surface area contributed by atoms with Crippen molar-refractivity contribution in [1.29, 1.82) is 0 Å². The van der Waals surface area contributed by atoms with Gasteiger partial charge >= 0.3 is 5.97 Å². The van der Waals surface area contributed by atoms with Crippen LogP contribution in [0, 0.1) is 17.8 Å². The summed E-state index contributed by atoms with van der Waals surface area (Å²) in [6.45, 7) is 4.66. The van der Waals surface area contributed by atoms with E-state index < -0.39 is 18.1 Å². The van der Waals surface area contributed by atoms with Crippen LogP contribution in [0.2, 0.25) is 0 Å². The van der Waals surface area contributed by atoms with Crippen molar-refractivity contribution in [3.05, 3.63) is 0 Å². The molecule has 2 atom stereocenters. The van der Waals surface area contributed by atoms with Gasteiger partial charge in [-0.15, -0.1) is 12.4 Å². The largest absolute Gasteiger partial charge is 0.480 e. The average molecular weight is 438 g/mol. The number of carbonyl (C=O) groups is 3. The van der Waals surface area contributed by atoms with E-state index in [1.54, 1.807) is 11.8 Å². The van der Waals surface area contributed by atoms with Gasteiger partial charge in [-0.1, -0.05) is 13.8 Å². The Kier molecular flexibility index (Phi) is 13.6. The Balaban J connectivity index is 0.00000729. The Morgan fingerprint density at radius 2 is 1.79 bits per heavy atom. The Morgan fingerprint density at radius 3 is 2.29 bits per heavy atom. The summed E-state index contributed by atoms with van der Waals surface area (Å²) in [6, 6.07) is -1.29. The van der Waals surface area contributed by atoms with E-state index in [-0.39, 0.29) is 30.1 Å². The van der Waals surface area contributed by atoms with E-state index in [4.69, 9.17) is 5.73 Å². The second-order valence-electron chi connectivity index (χ2n) is 7.88. The smallest absolute Gasteiger partial charge is 0.326 e. The highest BCUT2D eigenvalue weighted by molar-refractivity contribution is 7.98. The van der Waals surface area contributed by atoms with Gasteiger partial charge in [-0.3, -0.25) is 9.59 Å². The molecule has 0 aromatic heterocycles. The second kappa shape index (κ2) is 14.1. The third-order valence-corrected chi connectivity index (χ3v) is 5.71. The number of thioether (sulfide) groups is 1. The van der Waals surface area contributed by atoms with Crippen LogP contribution in [-0.2, 0) is 14.4 Å². The summed E-state index contributed by atoms with van der Waals surface area (Å²) in [4.78, 5) is 35.7. The molecule has 0 spiro atoms. The van der Waals surface area contributed by atoms with E-state index in [1.807, 2.05) is 20.1 Å². The predicted molar refractivity (Wildman–Crippen MR) is 116 cm³/mol. The second-order valence-corrected chi connectivity index (χ2v) is 8.87. The molecule has 0 heterocycles. The standard InChI is InChI=1S/C19H35N3O4S.ClH/c1-12(2)10-15(20)18(24)21-11-13-4-6-14(7-5-13)17(23)22-16(19(25)26)8-9-27-3;/h12-16H,4-11,20H2,1-3H3,(H,21,24)(H,22,23)(H,25,26);1H/t13?,14?,15-,16+;/m0./s1. The number of carboxylic acids is 1. The summed E-state index contributed by atoms with van der Waals surface area (Å²) in [5.41, 5.74) is 5.89. The Bertz CT molecular complexity index is 500. The molecule has 0 aromatic carbocycles. The molecule has 2 amide bonds. The van der Waals surface area contributed by atoms with Crippen LogP contribution in [0.3, 0.4) is 0 Å². The fourth-order valence-electron chi connectivity index (χ4n) is 3.40. The van der Waals surface area contributed by atoms with Gasteiger partial charge in [-0.2, -0.15) is 11.8 Å². The maximum absolute atomic E-state index is 12.4. The van der Waals surface area contributed by atoms with E-state index in [0.29, 0.717) is 37.0 Å². The zero-order chi connectivity index (χ0) is 20.4. The number of nitrogens with two attached hydrogens (primary N) is 1. The zero-order valence-electron chi connectivity index (χ0n) is 17.1. The maximum atomic E-state index is 12.4. The highest BCUT2D eigenvalue weighted by atomic mass is 35.5. The molecule has 1 aliphatic carbocycles. The van der Waals surface area contributed by atoms with E-state index in [9.17, 15) is 19.5 Å². The molecule has 7 nitrogen and oxygen atoms in total. The molecule has 1 rings (SSSR count). The number of carbonyl (C=O) groups excluding carboxylic acids is 2. The first kappa shape index (κ1) is 27.0. The lowest BCUT2D eigenvalue weighted by atomic mass is 9.81. The maximum Gasteiger partial charge on any atom is 0.326 e. The van der Waals surface area contributed by atoms with Crippen LogP contribution >= 0.6 is 24.2 Å². The molecule has 1 aliphatic rings. The van der Waals surface area contributed by atoms with E-state index in [2.05, 4.69) is 10.6 Å². The van der Waals surface area contributed by atoms with Crippen LogP contribution in [-0.4, -0.2) is 53.5 Å². The number of nitrogens with one attached hydrogen (secondary N) is 2. The number of rotatable bonds is 11. The number of aliphatic carboxylic acids is 1. The molecule has 1 fully saturated rings. The lowest BCUT2D eigenvalue weighted by molar-refractivity contribution is -0.142. The van der Waals surface area contributed by atoms with Crippen LogP contribution < -0.4 is 16.4 Å². The van der Waals surface area contributed by atoms with Gasteiger partial charge in [0.25, 0.3) is 0 Å². The van der Waals surface area contributed by atoms with Crippen LogP contribution in [0.25, 0.3) is 0 Å². The van der Waals surface area contributed by atoms with Gasteiger partial charge in [-0.05, 0) is 62.4 Å². The van der Waals surface area contributed by atoms with Gasteiger partial charge in [0.2, 0.25) is 11.8 Å². The van der Waals surface area contributed by atoms with E-state index in [1.165, 1.54) is 0 Å². The van der Waals surface area contributed by atoms with Crippen LogP contribution in [0.1, 0.15) is 52.4 Å². The Hall–Kier alpha value is -0.990. The minimum Gasteiger partial charge on any atom is -0.480 e. The normalized spacial score (nSPS) is 21.3. The van der Waals surface area contributed by atoms with Gasteiger partial charge in [0.15, 0.2) is 0 Å². The Labute approximate surface area is 178 Å². The molecule has 0 aliphatic heterocycles. The zero-order valence-corrected chi connectivity index (χ0v) is 18.7. The molecule has 0 saturated heterocycles. The SMILES string of the molecule is CSCC[C@@H](NC(=O)C1CCC(CNC(=O)[C@@H](N)CC(C)C)CC1)C(=O)O.Cl. The first-order valence-corrected chi connectivity index (χ1v) is 11.2. The van der Waals surface area contributed by atoms with Crippen LogP contribution in [0.15, 0.2) is 0 Å². The predicted octanol–water partition coefficient (Wildman–Crippen LogP) is 2.03. The fraction of sp³-hybridized carbons (Fsp3) is 0.842. The minimum atomic E-state index is -0.980. The van der Waals surface area contributed by atoms with Crippen LogP contribution in [0.4, 0.5) is 0 Å². The average Bonchev–Trinajstić information content (AvgIpc) is 2.62. The van der Waals surface area contributed by atoms with Crippen molar-refractivity contribution in [2.45, 2.75) is 64.5 Å². The molecule has 0 radical (unpaired) electrons. The number of amides is 2. The summed E-state index contributed by atoms with van der Waals surface area (Å²) in [7, 11) is 0. The topological polar surface area (TPSA) is 122 Å².